The number of hydrogen-bond donors (Lipinski definition) is 0. The molecule has 0 saturated carbocycles. The van der Waals surface area contributed by atoms with Crippen LogP contribution in [-0.4, -0.2) is 48.2 Å². The maximum Gasteiger partial charge on any atom is 0.253 e. The average molecular weight is 364 g/mol. The lowest BCUT2D eigenvalue weighted by atomic mass is 9.96. The topological polar surface area (TPSA) is 68.8 Å². The number of carbonyl (C=O) groups is 1. The monoisotopic (exact) mass is 364 g/mol. The summed E-state index contributed by atoms with van der Waals surface area (Å²) in [6.07, 6.45) is 7.45. The molecule has 1 amide bonds. The van der Waals surface area contributed by atoms with Crippen LogP contribution in [0.15, 0.2) is 43.0 Å². The maximum atomic E-state index is 12.9. The zero-order chi connectivity index (χ0) is 18.8. The van der Waals surface area contributed by atoms with E-state index in [0.29, 0.717) is 13.1 Å². The zero-order valence-electron chi connectivity index (χ0n) is 15.7. The van der Waals surface area contributed by atoms with Gasteiger partial charge < -0.3 is 14.0 Å². The molecule has 4 rings (SSSR count). The number of rotatable bonds is 4. The van der Waals surface area contributed by atoms with Crippen molar-refractivity contribution in [3.05, 3.63) is 65.8 Å². The molecule has 3 aromatic rings. The lowest BCUT2D eigenvalue weighted by Gasteiger charge is -2.32. The first-order valence-corrected chi connectivity index (χ1v) is 9.31. The molecule has 0 radical (unpaired) electrons. The van der Waals surface area contributed by atoms with Crippen LogP contribution in [0, 0.1) is 6.92 Å². The highest BCUT2D eigenvalue weighted by atomic mass is 16.2. The number of aromatic nitrogens is 5. The van der Waals surface area contributed by atoms with Crippen molar-refractivity contribution >= 4 is 5.91 Å². The van der Waals surface area contributed by atoms with Gasteiger partial charge in [-0.25, -0.2) is 4.98 Å². The highest BCUT2D eigenvalue weighted by molar-refractivity contribution is 5.94. The summed E-state index contributed by atoms with van der Waals surface area (Å²) in [6.45, 7) is 4.13. The fraction of sp³-hybridized carbons (Fsp3) is 0.400. The van der Waals surface area contributed by atoms with E-state index in [2.05, 4.69) is 19.7 Å². The van der Waals surface area contributed by atoms with Crippen LogP contribution in [-0.2, 0) is 13.6 Å². The second-order valence-corrected chi connectivity index (χ2v) is 7.23. The number of piperidine rings is 1. The fourth-order valence-corrected chi connectivity index (χ4v) is 3.75. The standard InChI is InChI=1S/C20H24N6O/c1-15-5-3-6-16(11-15)20(27)26-9-4-7-17(12-26)19-23-22-18(24(19)2)13-25-10-8-21-14-25/h3,5-6,8,10-11,14,17H,4,7,9,12-13H2,1-2H3. The largest absolute Gasteiger partial charge is 0.338 e. The number of aryl methyl sites for hydroxylation is 1. The molecule has 1 fully saturated rings. The molecule has 1 aliphatic heterocycles. The molecule has 0 N–H and O–H groups in total. The van der Waals surface area contributed by atoms with Gasteiger partial charge >= 0.3 is 0 Å². The van der Waals surface area contributed by atoms with E-state index in [-0.39, 0.29) is 11.8 Å². The van der Waals surface area contributed by atoms with Gasteiger partial charge in [0, 0.05) is 44.0 Å². The lowest BCUT2D eigenvalue weighted by molar-refractivity contribution is 0.0703. The number of likely N-dealkylation sites (tertiary alicyclic amines) is 1. The van der Waals surface area contributed by atoms with Crippen molar-refractivity contribution in [3.63, 3.8) is 0 Å². The smallest absolute Gasteiger partial charge is 0.253 e. The summed E-state index contributed by atoms with van der Waals surface area (Å²) >= 11 is 0. The molecule has 1 saturated heterocycles. The number of carbonyl (C=O) groups excluding carboxylic acids is 1. The summed E-state index contributed by atoms with van der Waals surface area (Å²) in [5.74, 6) is 2.16. The third-order valence-electron chi connectivity index (χ3n) is 5.22. The summed E-state index contributed by atoms with van der Waals surface area (Å²) in [5, 5.41) is 8.81. The Hall–Kier alpha value is -2.96. The van der Waals surface area contributed by atoms with E-state index < -0.39 is 0 Å². The van der Waals surface area contributed by atoms with Crippen LogP contribution in [0.4, 0.5) is 0 Å². The minimum Gasteiger partial charge on any atom is -0.338 e. The van der Waals surface area contributed by atoms with Gasteiger partial charge in [-0.15, -0.1) is 10.2 Å². The van der Waals surface area contributed by atoms with Crippen LogP contribution < -0.4 is 0 Å². The predicted molar refractivity (Wildman–Crippen MR) is 101 cm³/mol. The Labute approximate surface area is 158 Å². The molecule has 0 spiro atoms. The predicted octanol–water partition coefficient (Wildman–Crippen LogP) is 2.39. The van der Waals surface area contributed by atoms with E-state index in [0.717, 1.165) is 42.2 Å². The number of amides is 1. The zero-order valence-corrected chi connectivity index (χ0v) is 15.7. The van der Waals surface area contributed by atoms with E-state index in [9.17, 15) is 4.79 Å². The normalized spacial score (nSPS) is 17.3. The van der Waals surface area contributed by atoms with Gasteiger partial charge in [-0.2, -0.15) is 0 Å². The van der Waals surface area contributed by atoms with Crippen LogP contribution in [0.5, 0.6) is 0 Å². The summed E-state index contributed by atoms with van der Waals surface area (Å²) < 4.78 is 4.04. The SMILES string of the molecule is Cc1cccc(C(=O)N2CCCC(c3nnc(Cn4ccnc4)n3C)C2)c1. The molecule has 1 aliphatic rings. The van der Waals surface area contributed by atoms with E-state index in [1.54, 1.807) is 12.5 Å². The van der Waals surface area contributed by atoms with E-state index in [1.807, 2.05) is 53.9 Å². The van der Waals surface area contributed by atoms with Crippen LogP contribution >= 0.6 is 0 Å². The van der Waals surface area contributed by atoms with Crippen LogP contribution in [0.1, 0.15) is 46.3 Å². The molecule has 1 atom stereocenters. The highest BCUT2D eigenvalue weighted by Gasteiger charge is 2.29. The van der Waals surface area contributed by atoms with Crippen LogP contribution in [0.25, 0.3) is 0 Å². The molecular formula is C20H24N6O. The molecule has 140 valence electrons. The summed E-state index contributed by atoms with van der Waals surface area (Å²) in [7, 11) is 2.00. The number of hydrogen-bond acceptors (Lipinski definition) is 4. The first kappa shape index (κ1) is 17.5. The first-order valence-electron chi connectivity index (χ1n) is 9.31. The molecule has 1 unspecified atom stereocenters. The van der Waals surface area contributed by atoms with E-state index in [1.165, 1.54) is 0 Å². The quantitative estimate of drug-likeness (QED) is 0.713. The Morgan fingerprint density at radius 3 is 2.96 bits per heavy atom. The van der Waals surface area contributed by atoms with Gasteiger partial charge in [0.05, 0.1) is 12.9 Å². The Morgan fingerprint density at radius 1 is 1.30 bits per heavy atom. The van der Waals surface area contributed by atoms with Gasteiger partial charge in [-0.3, -0.25) is 4.79 Å². The van der Waals surface area contributed by atoms with Gasteiger partial charge in [0.2, 0.25) is 0 Å². The van der Waals surface area contributed by atoms with Gasteiger partial charge in [-0.1, -0.05) is 17.7 Å². The Morgan fingerprint density at radius 2 is 2.19 bits per heavy atom. The lowest BCUT2D eigenvalue weighted by Crippen LogP contribution is -2.39. The molecular weight excluding hydrogens is 340 g/mol. The van der Waals surface area contributed by atoms with E-state index in [4.69, 9.17) is 0 Å². The van der Waals surface area contributed by atoms with Gasteiger partial charge in [0.15, 0.2) is 5.82 Å². The molecule has 0 bridgehead atoms. The van der Waals surface area contributed by atoms with Crippen molar-refractivity contribution in [1.82, 2.24) is 29.2 Å². The molecule has 2 aromatic heterocycles. The molecule has 7 nitrogen and oxygen atoms in total. The third kappa shape index (κ3) is 3.63. The maximum absolute atomic E-state index is 12.9. The van der Waals surface area contributed by atoms with Crippen molar-refractivity contribution in [2.24, 2.45) is 7.05 Å². The highest BCUT2D eigenvalue weighted by Crippen LogP contribution is 2.27. The molecule has 1 aromatic carbocycles. The minimum atomic E-state index is 0.101. The third-order valence-corrected chi connectivity index (χ3v) is 5.22. The van der Waals surface area contributed by atoms with Gasteiger partial charge in [-0.05, 0) is 31.9 Å². The van der Waals surface area contributed by atoms with Crippen molar-refractivity contribution < 1.29 is 4.79 Å². The average Bonchev–Trinajstić information content (AvgIpc) is 3.32. The number of benzene rings is 1. The van der Waals surface area contributed by atoms with Gasteiger partial charge in [0.1, 0.15) is 5.82 Å². The number of nitrogens with zero attached hydrogens (tertiary/aromatic N) is 6. The van der Waals surface area contributed by atoms with Crippen molar-refractivity contribution in [2.45, 2.75) is 32.2 Å². The Balaban J connectivity index is 1.50. The summed E-state index contributed by atoms with van der Waals surface area (Å²) in [6, 6.07) is 7.80. The molecule has 3 heterocycles. The number of imidazole rings is 1. The van der Waals surface area contributed by atoms with Crippen molar-refractivity contribution in [1.29, 1.82) is 0 Å². The van der Waals surface area contributed by atoms with Crippen LogP contribution in [0.3, 0.4) is 0 Å². The van der Waals surface area contributed by atoms with Gasteiger partial charge in [0.25, 0.3) is 5.91 Å². The first-order chi connectivity index (χ1) is 13.1. The van der Waals surface area contributed by atoms with Crippen molar-refractivity contribution in [2.75, 3.05) is 13.1 Å². The molecule has 0 aliphatic carbocycles. The minimum absolute atomic E-state index is 0.101. The summed E-state index contributed by atoms with van der Waals surface area (Å²) in [5.41, 5.74) is 1.86. The second-order valence-electron chi connectivity index (χ2n) is 7.23. The van der Waals surface area contributed by atoms with E-state index >= 15 is 0 Å². The summed E-state index contributed by atoms with van der Waals surface area (Å²) in [4.78, 5) is 18.9. The fourth-order valence-electron chi connectivity index (χ4n) is 3.75. The molecule has 7 heteroatoms. The second kappa shape index (κ2) is 7.34. The Kier molecular flexibility index (Phi) is 4.75. The molecule has 27 heavy (non-hydrogen) atoms. The van der Waals surface area contributed by atoms with Crippen molar-refractivity contribution in [3.8, 4) is 0 Å². The van der Waals surface area contributed by atoms with Crippen LogP contribution in [0.2, 0.25) is 0 Å². The Bertz CT molecular complexity index is 930.